The van der Waals surface area contributed by atoms with Gasteiger partial charge in [0.05, 0.1) is 14.6 Å². The van der Waals surface area contributed by atoms with Crippen molar-refractivity contribution in [3.05, 3.63) is 43.8 Å². The molecule has 0 amide bonds. The van der Waals surface area contributed by atoms with Crippen LogP contribution in [0.5, 0.6) is 0 Å². The Balaban J connectivity index is 2.52. The number of nitrogens with zero attached hydrogens (tertiary/aromatic N) is 2. The van der Waals surface area contributed by atoms with Crippen LogP contribution in [-0.2, 0) is 6.42 Å². The second-order valence-corrected chi connectivity index (χ2v) is 5.98. The highest BCUT2D eigenvalue weighted by molar-refractivity contribution is 9.10. The molecule has 0 unspecified atom stereocenters. The van der Waals surface area contributed by atoms with Gasteiger partial charge in [-0.05, 0) is 56.5 Å². The predicted molar refractivity (Wildman–Crippen MR) is 81.8 cm³/mol. The molecule has 2 nitrogen and oxygen atoms in total. The van der Waals surface area contributed by atoms with Gasteiger partial charge in [-0.15, -0.1) is 0 Å². The monoisotopic (exact) mass is 406 g/mol. The number of aromatic nitrogens is 2. The molecule has 6 heteroatoms. The number of rotatable bonds is 3. The fourth-order valence-corrected chi connectivity index (χ4v) is 2.57. The zero-order valence-corrected chi connectivity index (χ0v) is 14.0. The van der Waals surface area contributed by atoms with Gasteiger partial charge in [-0.1, -0.05) is 24.9 Å². The summed E-state index contributed by atoms with van der Waals surface area (Å²) in [5, 5.41) is 0.369. The molecule has 19 heavy (non-hydrogen) atoms. The van der Waals surface area contributed by atoms with E-state index in [1.807, 2.05) is 0 Å². The van der Waals surface area contributed by atoms with Crippen molar-refractivity contribution in [2.24, 2.45) is 0 Å². The molecule has 0 aliphatic rings. The average Bonchev–Trinajstić information content (AvgIpc) is 2.38. The van der Waals surface area contributed by atoms with Crippen molar-refractivity contribution in [3.8, 4) is 11.4 Å². The van der Waals surface area contributed by atoms with Crippen LogP contribution in [0.25, 0.3) is 11.4 Å². The summed E-state index contributed by atoms with van der Waals surface area (Å²) in [5.74, 6) is 0.179. The van der Waals surface area contributed by atoms with Crippen molar-refractivity contribution in [2.75, 3.05) is 0 Å². The Labute approximate surface area is 132 Å². The van der Waals surface area contributed by atoms with E-state index in [-0.39, 0.29) is 5.82 Å². The van der Waals surface area contributed by atoms with Gasteiger partial charge in [-0.25, -0.2) is 14.4 Å². The van der Waals surface area contributed by atoms with Gasteiger partial charge in [0.1, 0.15) is 11.0 Å². The molecule has 1 aromatic heterocycles. The molecule has 2 aromatic rings. The van der Waals surface area contributed by atoms with Crippen molar-refractivity contribution < 1.29 is 4.39 Å². The van der Waals surface area contributed by atoms with Crippen LogP contribution in [0.2, 0.25) is 5.15 Å². The zero-order chi connectivity index (χ0) is 14.0. The fraction of sp³-hybridized carbons (Fsp3) is 0.231. The van der Waals surface area contributed by atoms with E-state index >= 15 is 0 Å². The number of hydrogen-bond donors (Lipinski definition) is 0. The Morgan fingerprint density at radius 2 is 2.00 bits per heavy atom. The first-order chi connectivity index (χ1) is 9.02. The topological polar surface area (TPSA) is 25.8 Å². The van der Waals surface area contributed by atoms with Crippen LogP contribution < -0.4 is 0 Å². The van der Waals surface area contributed by atoms with Crippen LogP contribution in [0.15, 0.2) is 27.1 Å². The first-order valence-corrected chi connectivity index (χ1v) is 7.66. The quantitative estimate of drug-likeness (QED) is 0.635. The lowest BCUT2D eigenvalue weighted by molar-refractivity contribution is 0.621. The highest BCUT2D eigenvalue weighted by Crippen LogP contribution is 2.29. The smallest absolute Gasteiger partial charge is 0.161 e. The van der Waals surface area contributed by atoms with Gasteiger partial charge in [0, 0.05) is 5.56 Å². The Kier molecular flexibility index (Phi) is 4.92. The average molecular weight is 408 g/mol. The van der Waals surface area contributed by atoms with E-state index in [0.717, 1.165) is 28.6 Å². The maximum absolute atomic E-state index is 13.2. The molecule has 0 saturated carbocycles. The molecule has 0 fully saturated rings. The van der Waals surface area contributed by atoms with Crippen LogP contribution in [0.1, 0.15) is 19.0 Å². The first-order valence-electron chi connectivity index (χ1n) is 5.70. The summed E-state index contributed by atoms with van der Waals surface area (Å²) in [6.07, 6.45) is 1.76. The van der Waals surface area contributed by atoms with Gasteiger partial charge < -0.3 is 0 Å². The molecule has 0 aliphatic carbocycles. The lowest BCUT2D eigenvalue weighted by Gasteiger charge is -2.08. The molecule has 2 rings (SSSR count). The van der Waals surface area contributed by atoms with Crippen LogP contribution in [0, 0.1) is 5.82 Å². The normalized spacial score (nSPS) is 10.8. The van der Waals surface area contributed by atoms with E-state index in [1.165, 1.54) is 6.07 Å². The van der Waals surface area contributed by atoms with Crippen LogP contribution in [0.4, 0.5) is 4.39 Å². The van der Waals surface area contributed by atoms with Gasteiger partial charge in [0.2, 0.25) is 0 Å². The van der Waals surface area contributed by atoms with Gasteiger partial charge >= 0.3 is 0 Å². The van der Waals surface area contributed by atoms with E-state index < -0.39 is 0 Å². The minimum atomic E-state index is -0.319. The standard InChI is InChI=1S/C13H10Br2ClFN2/c1-2-3-10-11(15)12(16)19-13(18-10)7-4-5-9(17)8(14)6-7/h4-6H,2-3H2,1H3. The fourth-order valence-electron chi connectivity index (χ4n) is 1.63. The molecule has 0 atom stereocenters. The molecule has 1 aromatic carbocycles. The van der Waals surface area contributed by atoms with Crippen molar-refractivity contribution in [3.63, 3.8) is 0 Å². The Morgan fingerprint density at radius 3 is 2.63 bits per heavy atom. The summed E-state index contributed by atoms with van der Waals surface area (Å²) in [4.78, 5) is 8.70. The van der Waals surface area contributed by atoms with Gasteiger partial charge in [-0.3, -0.25) is 0 Å². The van der Waals surface area contributed by atoms with Gasteiger partial charge in [0.25, 0.3) is 0 Å². The molecular formula is C13H10Br2ClFN2. The van der Waals surface area contributed by atoms with Crippen molar-refractivity contribution in [1.82, 2.24) is 9.97 Å². The summed E-state index contributed by atoms with van der Waals surface area (Å²) < 4.78 is 14.3. The van der Waals surface area contributed by atoms with Crippen LogP contribution >= 0.6 is 43.5 Å². The van der Waals surface area contributed by atoms with E-state index in [2.05, 4.69) is 48.8 Å². The largest absolute Gasteiger partial charge is 0.232 e. The number of hydrogen-bond acceptors (Lipinski definition) is 2. The molecule has 100 valence electrons. The number of aryl methyl sites for hydroxylation is 1. The van der Waals surface area contributed by atoms with E-state index in [9.17, 15) is 4.39 Å². The molecular weight excluding hydrogens is 398 g/mol. The second-order valence-electron chi connectivity index (χ2n) is 3.98. The lowest BCUT2D eigenvalue weighted by atomic mass is 10.2. The summed E-state index contributed by atoms with van der Waals surface area (Å²) in [6, 6.07) is 4.65. The highest BCUT2D eigenvalue weighted by Gasteiger charge is 2.12. The number of benzene rings is 1. The van der Waals surface area contributed by atoms with E-state index in [1.54, 1.807) is 12.1 Å². The lowest BCUT2D eigenvalue weighted by Crippen LogP contribution is -1.98. The van der Waals surface area contributed by atoms with E-state index in [0.29, 0.717) is 15.5 Å². The van der Waals surface area contributed by atoms with Crippen molar-refractivity contribution in [2.45, 2.75) is 19.8 Å². The summed E-state index contributed by atoms with van der Waals surface area (Å²) >= 11 is 12.6. The maximum Gasteiger partial charge on any atom is 0.161 e. The molecule has 0 N–H and O–H groups in total. The predicted octanol–water partition coefficient (Wildman–Crippen LogP) is 5.41. The summed E-state index contributed by atoms with van der Waals surface area (Å²) in [7, 11) is 0. The Morgan fingerprint density at radius 1 is 1.26 bits per heavy atom. The molecule has 0 saturated heterocycles. The molecule has 0 radical (unpaired) electrons. The maximum atomic E-state index is 13.2. The van der Waals surface area contributed by atoms with Crippen molar-refractivity contribution in [1.29, 1.82) is 0 Å². The molecule has 0 spiro atoms. The molecule has 1 heterocycles. The minimum absolute atomic E-state index is 0.319. The zero-order valence-electron chi connectivity index (χ0n) is 10.1. The number of halogens is 4. The Bertz CT molecular complexity index is 620. The van der Waals surface area contributed by atoms with Crippen LogP contribution in [0.3, 0.4) is 0 Å². The highest BCUT2D eigenvalue weighted by atomic mass is 79.9. The summed E-state index contributed by atoms with van der Waals surface area (Å²) in [5.41, 5.74) is 1.58. The first kappa shape index (κ1) is 14.9. The SMILES string of the molecule is CCCc1nc(-c2ccc(F)c(Br)c2)nc(Cl)c1Br. The third-order valence-corrected chi connectivity index (χ3v) is 4.49. The third-order valence-electron chi connectivity index (χ3n) is 2.54. The van der Waals surface area contributed by atoms with E-state index in [4.69, 9.17) is 11.6 Å². The molecule has 0 aliphatic heterocycles. The minimum Gasteiger partial charge on any atom is -0.232 e. The van der Waals surface area contributed by atoms with Gasteiger partial charge in [-0.2, -0.15) is 0 Å². The van der Waals surface area contributed by atoms with Crippen molar-refractivity contribution >= 4 is 43.5 Å². The van der Waals surface area contributed by atoms with Gasteiger partial charge in [0.15, 0.2) is 5.82 Å². The second kappa shape index (κ2) is 6.29. The Hall–Kier alpha value is -0.520. The molecule has 0 bridgehead atoms. The summed E-state index contributed by atoms with van der Waals surface area (Å²) in [6.45, 7) is 2.07. The third kappa shape index (κ3) is 3.33. The van der Waals surface area contributed by atoms with Crippen LogP contribution in [-0.4, -0.2) is 9.97 Å².